The van der Waals surface area contributed by atoms with Crippen LogP contribution in [0, 0.1) is 6.92 Å². The molecule has 0 radical (unpaired) electrons. The summed E-state index contributed by atoms with van der Waals surface area (Å²) in [6.07, 6.45) is 1.09. The smallest absolute Gasteiger partial charge is 0.293 e. The van der Waals surface area contributed by atoms with Gasteiger partial charge in [-0.3, -0.25) is 9.59 Å². The van der Waals surface area contributed by atoms with Gasteiger partial charge in [-0.2, -0.15) is 0 Å². The molecule has 7 heteroatoms. The number of halogens is 1. The summed E-state index contributed by atoms with van der Waals surface area (Å²) in [5.41, 5.74) is 1.80. The lowest BCUT2D eigenvalue weighted by atomic mass is 10.1. The summed E-state index contributed by atoms with van der Waals surface area (Å²) in [6, 6.07) is 15.2. The number of carbonyl (C=O) groups excluding carboxylic acids is 1. The van der Waals surface area contributed by atoms with Gasteiger partial charge in [0.15, 0.2) is 5.69 Å². The van der Waals surface area contributed by atoms with E-state index in [0.717, 1.165) is 16.7 Å². The highest BCUT2D eigenvalue weighted by Gasteiger charge is 2.18. The average molecular weight is 398 g/mol. The van der Waals surface area contributed by atoms with Crippen molar-refractivity contribution in [2.45, 2.75) is 26.3 Å². The van der Waals surface area contributed by atoms with Crippen LogP contribution in [0.4, 0.5) is 0 Å². The second kappa shape index (κ2) is 8.71. The highest BCUT2D eigenvalue weighted by molar-refractivity contribution is 6.31. The Labute approximate surface area is 167 Å². The van der Waals surface area contributed by atoms with Crippen LogP contribution in [0.3, 0.4) is 0 Å². The zero-order chi connectivity index (χ0) is 20.1. The number of aromatic nitrogens is 2. The third-order valence-electron chi connectivity index (χ3n) is 4.34. The van der Waals surface area contributed by atoms with E-state index in [2.05, 4.69) is 15.3 Å². The Hall–Kier alpha value is -3.12. The van der Waals surface area contributed by atoms with Crippen LogP contribution in [0.2, 0.25) is 5.02 Å². The van der Waals surface area contributed by atoms with Gasteiger partial charge in [-0.15, -0.1) is 0 Å². The van der Waals surface area contributed by atoms with E-state index in [9.17, 15) is 14.7 Å². The first kappa shape index (κ1) is 19.6. The molecule has 0 saturated heterocycles. The normalized spacial score (nSPS) is 10.6. The van der Waals surface area contributed by atoms with E-state index in [1.807, 2.05) is 49.4 Å². The van der Waals surface area contributed by atoms with Crippen molar-refractivity contribution in [3.8, 4) is 5.75 Å². The molecule has 1 heterocycles. The summed E-state index contributed by atoms with van der Waals surface area (Å²) >= 11 is 6.09. The molecule has 0 unspecified atom stereocenters. The van der Waals surface area contributed by atoms with Crippen LogP contribution in [-0.2, 0) is 19.4 Å². The van der Waals surface area contributed by atoms with E-state index in [1.54, 1.807) is 6.07 Å². The molecule has 3 N–H and O–H groups in total. The SMILES string of the molecule is Cc1ccc(CNC(=O)c2nc(CCc3ccccc3)[nH]c(=O)c2O)cc1Cl. The van der Waals surface area contributed by atoms with E-state index in [-0.39, 0.29) is 12.2 Å². The van der Waals surface area contributed by atoms with Gasteiger partial charge in [-0.1, -0.05) is 54.1 Å². The lowest BCUT2D eigenvalue weighted by Gasteiger charge is -2.09. The summed E-state index contributed by atoms with van der Waals surface area (Å²) in [5.74, 6) is -0.973. The molecule has 0 bridgehead atoms. The van der Waals surface area contributed by atoms with Crippen LogP contribution in [0.25, 0.3) is 0 Å². The zero-order valence-corrected chi connectivity index (χ0v) is 16.1. The van der Waals surface area contributed by atoms with Gasteiger partial charge in [-0.25, -0.2) is 4.98 Å². The van der Waals surface area contributed by atoms with Gasteiger partial charge in [-0.05, 0) is 36.1 Å². The number of aryl methyl sites for hydroxylation is 3. The van der Waals surface area contributed by atoms with Crippen LogP contribution in [0.1, 0.15) is 33.0 Å². The Morgan fingerprint density at radius 3 is 2.61 bits per heavy atom. The predicted octanol–water partition coefficient (Wildman–Crippen LogP) is 3.15. The number of benzene rings is 2. The first-order chi connectivity index (χ1) is 13.4. The molecular weight excluding hydrogens is 378 g/mol. The Morgan fingerprint density at radius 1 is 1.14 bits per heavy atom. The van der Waals surface area contributed by atoms with E-state index in [0.29, 0.717) is 23.7 Å². The summed E-state index contributed by atoms with van der Waals surface area (Å²) in [5, 5.41) is 13.2. The number of H-pyrrole nitrogens is 1. The number of amides is 1. The minimum atomic E-state index is -0.735. The molecule has 3 rings (SSSR count). The standard InChI is InChI=1S/C21H20ClN3O3/c1-13-7-8-15(11-16(13)22)12-23-20(27)18-19(26)21(28)25-17(24-18)10-9-14-5-3-2-4-6-14/h2-8,11,26H,9-10,12H2,1H3,(H,23,27)(H,24,25,28). The highest BCUT2D eigenvalue weighted by atomic mass is 35.5. The third-order valence-corrected chi connectivity index (χ3v) is 4.75. The Bertz CT molecular complexity index is 1050. The van der Waals surface area contributed by atoms with Crippen LogP contribution in [0.15, 0.2) is 53.3 Å². The number of rotatable bonds is 6. The van der Waals surface area contributed by atoms with Gasteiger partial charge in [0.2, 0.25) is 5.75 Å². The molecule has 28 heavy (non-hydrogen) atoms. The predicted molar refractivity (Wildman–Crippen MR) is 108 cm³/mol. The minimum Gasteiger partial charge on any atom is -0.501 e. The van der Waals surface area contributed by atoms with Crippen LogP contribution < -0.4 is 10.9 Å². The Morgan fingerprint density at radius 2 is 1.89 bits per heavy atom. The number of nitrogens with zero attached hydrogens (tertiary/aromatic N) is 1. The molecule has 0 atom stereocenters. The van der Waals surface area contributed by atoms with Gasteiger partial charge in [0, 0.05) is 18.0 Å². The summed E-state index contributed by atoms with van der Waals surface area (Å²) in [4.78, 5) is 31.1. The van der Waals surface area contributed by atoms with Crippen molar-refractivity contribution in [3.63, 3.8) is 0 Å². The summed E-state index contributed by atoms with van der Waals surface area (Å²) in [7, 11) is 0. The van der Waals surface area contributed by atoms with Crippen molar-refractivity contribution in [1.29, 1.82) is 0 Å². The molecule has 0 aliphatic carbocycles. The van der Waals surface area contributed by atoms with Gasteiger partial charge < -0.3 is 15.4 Å². The third kappa shape index (κ3) is 4.78. The second-order valence-corrected chi connectivity index (χ2v) is 6.87. The molecular formula is C21H20ClN3O3. The quantitative estimate of drug-likeness (QED) is 0.595. The molecule has 144 valence electrons. The highest BCUT2D eigenvalue weighted by Crippen LogP contribution is 2.17. The van der Waals surface area contributed by atoms with Crippen molar-refractivity contribution < 1.29 is 9.90 Å². The van der Waals surface area contributed by atoms with E-state index in [1.165, 1.54) is 0 Å². The maximum Gasteiger partial charge on any atom is 0.293 e. The van der Waals surface area contributed by atoms with Gasteiger partial charge in [0.25, 0.3) is 11.5 Å². The van der Waals surface area contributed by atoms with Crippen molar-refractivity contribution in [3.05, 3.63) is 92.1 Å². The zero-order valence-electron chi connectivity index (χ0n) is 15.3. The lowest BCUT2D eigenvalue weighted by Crippen LogP contribution is -2.27. The van der Waals surface area contributed by atoms with E-state index < -0.39 is 17.2 Å². The van der Waals surface area contributed by atoms with Crippen LogP contribution >= 0.6 is 11.6 Å². The molecule has 0 aliphatic rings. The average Bonchev–Trinajstić information content (AvgIpc) is 2.70. The maximum absolute atomic E-state index is 12.5. The van der Waals surface area contributed by atoms with Crippen LogP contribution in [-0.4, -0.2) is 21.0 Å². The minimum absolute atomic E-state index is 0.200. The molecule has 1 amide bonds. The Kier molecular flexibility index (Phi) is 6.11. The number of nitrogens with one attached hydrogen (secondary N) is 2. The molecule has 6 nitrogen and oxygen atoms in total. The molecule has 0 spiro atoms. The first-order valence-electron chi connectivity index (χ1n) is 8.83. The Balaban J connectivity index is 1.72. The molecule has 0 fully saturated rings. The van der Waals surface area contributed by atoms with Crippen molar-refractivity contribution >= 4 is 17.5 Å². The lowest BCUT2D eigenvalue weighted by molar-refractivity contribution is 0.0942. The van der Waals surface area contributed by atoms with E-state index >= 15 is 0 Å². The fraction of sp³-hybridized carbons (Fsp3) is 0.190. The molecule has 3 aromatic rings. The van der Waals surface area contributed by atoms with Crippen molar-refractivity contribution in [2.24, 2.45) is 0 Å². The first-order valence-corrected chi connectivity index (χ1v) is 9.21. The summed E-state index contributed by atoms with van der Waals surface area (Å²) < 4.78 is 0. The number of hydrogen-bond acceptors (Lipinski definition) is 4. The topological polar surface area (TPSA) is 95.1 Å². The fourth-order valence-electron chi connectivity index (χ4n) is 2.71. The van der Waals surface area contributed by atoms with Gasteiger partial charge >= 0.3 is 0 Å². The van der Waals surface area contributed by atoms with E-state index in [4.69, 9.17) is 11.6 Å². The fourth-order valence-corrected chi connectivity index (χ4v) is 2.91. The monoisotopic (exact) mass is 397 g/mol. The van der Waals surface area contributed by atoms with Crippen molar-refractivity contribution in [2.75, 3.05) is 0 Å². The molecule has 1 aromatic heterocycles. The maximum atomic E-state index is 12.5. The summed E-state index contributed by atoms with van der Waals surface area (Å²) in [6.45, 7) is 2.09. The van der Waals surface area contributed by atoms with Crippen molar-refractivity contribution in [1.82, 2.24) is 15.3 Å². The van der Waals surface area contributed by atoms with Gasteiger partial charge in [0.1, 0.15) is 5.82 Å². The molecule has 0 saturated carbocycles. The van der Waals surface area contributed by atoms with Crippen LogP contribution in [0.5, 0.6) is 5.75 Å². The molecule has 2 aromatic carbocycles. The number of aromatic hydroxyl groups is 1. The van der Waals surface area contributed by atoms with Gasteiger partial charge in [0.05, 0.1) is 0 Å². The number of carbonyl (C=O) groups is 1. The second-order valence-electron chi connectivity index (χ2n) is 6.46. The number of hydrogen-bond donors (Lipinski definition) is 3. The number of aromatic amines is 1. The molecule has 0 aliphatic heterocycles. The largest absolute Gasteiger partial charge is 0.501 e.